The van der Waals surface area contributed by atoms with Crippen molar-refractivity contribution in [2.45, 2.75) is 24.8 Å². The Balaban J connectivity index is 1.05. The molecule has 0 fully saturated rings. The number of fused-ring (bicyclic) bond motifs is 9. The van der Waals surface area contributed by atoms with Crippen molar-refractivity contribution in [3.8, 4) is 22.3 Å². The zero-order valence-electron chi connectivity index (χ0n) is 31.3. The number of allylic oxidation sites excluding steroid dienone is 8. The highest BCUT2D eigenvalue weighted by atomic mass is 16.3. The summed E-state index contributed by atoms with van der Waals surface area (Å²) >= 11 is 0. The maximum atomic E-state index is 6.46. The van der Waals surface area contributed by atoms with Crippen LogP contribution >= 0.6 is 0 Å². The number of nitrogens with zero attached hydrogens (tertiary/aromatic N) is 2. The van der Waals surface area contributed by atoms with Crippen molar-refractivity contribution in [3.63, 3.8) is 0 Å². The van der Waals surface area contributed by atoms with Crippen LogP contribution in [0.5, 0.6) is 0 Å². The van der Waals surface area contributed by atoms with Crippen LogP contribution in [0.2, 0.25) is 0 Å². The van der Waals surface area contributed by atoms with E-state index in [2.05, 4.69) is 197 Å². The molecule has 2 unspecified atom stereocenters. The van der Waals surface area contributed by atoms with Gasteiger partial charge in [0, 0.05) is 61.0 Å². The van der Waals surface area contributed by atoms with E-state index >= 15 is 0 Å². The summed E-state index contributed by atoms with van der Waals surface area (Å²) in [7, 11) is 0. The van der Waals surface area contributed by atoms with Gasteiger partial charge in [0.15, 0.2) is 0 Å². The Bertz CT molecular complexity index is 3350. The number of furan rings is 1. The van der Waals surface area contributed by atoms with Crippen LogP contribution in [0.15, 0.2) is 199 Å². The van der Waals surface area contributed by atoms with Gasteiger partial charge in [-0.1, -0.05) is 134 Å². The molecule has 0 saturated carbocycles. The number of benzene rings is 7. The van der Waals surface area contributed by atoms with Gasteiger partial charge in [0.25, 0.3) is 0 Å². The first-order valence-corrected chi connectivity index (χ1v) is 20.1. The third kappa shape index (κ3) is 5.12. The molecule has 0 radical (unpaired) electrons. The summed E-state index contributed by atoms with van der Waals surface area (Å²) in [5, 5.41) is 7.33. The Morgan fingerprint density at radius 1 is 0.456 bits per heavy atom. The van der Waals surface area contributed by atoms with Crippen LogP contribution in [0, 0.1) is 0 Å². The Hall–Kier alpha value is -7.10. The van der Waals surface area contributed by atoms with Crippen LogP contribution in [-0.2, 0) is 0 Å². The number of aromatic nitrogens is 2. The second-order valence-electron chi connectivity index (χ2n) is 15.6. The Labute approximate surface area is 330 Å². The van der Waals surface area contributed by atoms with E-state index in [1.807, 2.05) is 6.07 Å². The number of para-hydroxylation sites is 1. The van der Waals surface area contributed by atoms with Gasteiger partial charge in [0.2, 0.25) is 0 Å². The Kier molecular flexibility index (Phi) is 7.18. The lowest BCUT2D eigenvalue weighted by Crippen LogP contribution is -2.06. The molecule has 0 N–H and O–H groups in total. The van der Waals surface area contributed by atoms with Gasteiger partial charge in [-0.2, -0.15) is 0 Å². The van der Waals surface area contributed by atoms with Gasteiger partial charge in [-0.05, 0) is 95.3 Å². The number of rotatable bonds is 5. The molecule has 0 spiro atoms. The van der Waals surface area contributed by atoms with E-state index in [9.17, 15) is 0 Å². The quantitative estimate of drug-likeness (QED) is 0.173. The molecule has 57 heavy (non-hydrogen) atoms. The Morgan fingerprint density at radius 2 is 1.11 bits per heavy atom. The smallest absolute Gasteiger partial charge is 0.137 e. The summed E-state index contributed by atoms with van der Waals surface area (Å²) in [5.41, 5.74) is 14.2. The van der Waals surface area contributed by atoms with Gasteiger partial charge < -0.3 is 13.6 Å². The van der Waals surface area contributed by atoms with Gasteiger partial charge >= 0.3 is 0 Å². The van der Waals surface area contributed by atoms with E-state index < -0.39 is 0 Å². The van der Waals surface area contributed by atoms with E-state index in [-0.39, 0.29) is 6.04 Å². The Morgan fingerprint density at radius 3 is 1.81 bits per heavy atom. The molecule has 3 heterocycles. The van der Waals surface area contributed by atoms with Crippen molar-refractivity contribution in [3.05, 3.63) is 200 Å². The fraction of sp³-hybridized carbons (Fsp3) is 0.0741. The van der Waals surface area contributed by atoms with E-state index in [4.69, 9.17) is 4.42 Å². The molecule has 0 amide bonds. The predicted octanol–water partition coefficient (Wildman–Crippen LogP) is 14.8. The zero-order valence-corrected chi connectivity index (χ0v) is 31.3. The van der Waals surface area contributed by atoms with Crippen LogP contribution in [0.3, 0.4) is 0 Å². The van der Waals surface area contributed by atoms with Crippen molar-refractivity contribution < 1.29 is 4.42 Å². The predicted molar refractivity (Wildman–Crippen MR) is 240 cm³/mol. The molecule has 7 aromatic carbocycles. The van der Waals surface area contributed by atoms with Crippen molar-refractivity contribution in [2.24, 2.45) is 0 Å². The summed E-state index contributed by atoms with van der Waals surface area (Å²) < 4.78 is 11.4. The molecular formula is C54H38N2O. The minimum atomic E-state index is 0.271. The van der Waals surface area contributed by atoms with Gasteiger partial charge in [-0.15, -0.1) is 0 Å². The van der Waals surface area contributed by atoms with Crippen molar-refractivity contribution in [1.29, 1.82) is 0 Å². The highest BCUT2D eigenvalue weighted by Crippen LogP contribution is 2.43. The lowest BCUT2D eigenvalue weighted by molar-refractivity contribution is 0.648. The third-order valence-corrected chi connectivity index (χ3v) is 12.4. The molecule has 2 atom stereocenters. The maximum absolute atomic E-state index is 6.46. The molecule has 0 aliphatic heterocycles. The lowest BCUT2D eigenvalue weighted by Gasteiger charge is -2.19. The summed E-state index contributed by atoms with van der Waals surface area (Å²) in [6.45, 7) is 0. The average Bonchev–Trinajstić information content (AvgIpc) is 3.92. The molecule has 0 saturated heterocycles. The first-order valence-electron chi connectivity index (χ1n) is 20.1. The van der Waals surface area contributed by atoms with Crippen molar-refractivity contribution >= 4 is 71.2 Å². The van der Waals surface area contributed by atoms with Crippen LogP contribution in [-0.4, -0.2) is 9.13 Å². The normalized spacial score (nSPS) is 16.9. The van der Waals surface area contributed by atoms with Crippen LogP contribution in [0.1, 0.15) is 30.4 Å². The zero-order chi connectivity index (χ0) is 37.5. The second kappa shape index (κ2) is 12.7. The monoisotopic (exact) mass is 730 g/mol. The molecule has 3 heteroatoms. The summed E-state index contributed by atoms with van der Waals surface area (Å²) in [6, 6.07) is 55.9. The summed E-state index contributed by atoms with van der Waals surface area (Å²) in [4.78, 5) is 0. The van der Waals surface area contributed by atoms with E-state index in [1.54, 1.807) is 0 Å². The van der Waals surface area contributed by atoms with Crippen LogP contribution in [0.4, 0.5) is 0 Å². The molecule has 2 aliphatic rings. The van der Waals surface area contributed by atoms with Gasteiger partial charge in [-0.25, -0.2) is 0 Å². The highest BCUT2D eigenvalue weighted by Gasteiger charge is 2.22. The van der Waals surface area contributed by atoms with Crippen molar-refractivity contribution in [1.82, 2.24) is 9.13 Å². The lowest BCUT2D eigenvalue weighted by atomic mass is 9.92. The topological polar surface area (TPSA) is 23.0 Å². The highest BCUT2D eigenvalue weighted by molar-refractivity contribution is 6.19. The SMILES string of the molecule is C1=CCC(n2c3ccc(-c4ccccc4)cc3c3cc(-c4ccc5c(c4)c4cc6c(cc4n5C4=CCC(c5ccccc5)C=C4)oc4ccccc46)ccc32)C=C1. The molecule has 270 valence electrons. The third-order valence-electron chi connectivity index (χ3n) is 12.4. The second-order valence-corrected chi connectivity index (χ2v) is 15.6. The largest absolute Gasteiger partial charge is 0.456 e. The minimum Gasteiger partial charge on any atom is -0.456 e. The number of hydrogen-bond acceptors (Lipinski definition) is 1. The molecular weight excluding hydrogens is 693 g/mol. The van der Waals surface area contributed by atoms with E-state index in [0.29, 0.717) is 5.92 Å². The van der Waals surface area contributed by atoms with Crippen LogP contribution in [0.25, 0.3) is 93.5 Å². The summed E-state index contributed by atoms with van der Waals surface area (Å²) in [6.07, 6.45) is 18.0. The molecule has 10 aromatic rings. The van der Waals surface area contributed by atoms with Gasteiger partial charge in [0.1, 0.15) is 11.2 Å². The van der Waals surface area contributed by atoms with Gasteiger partial charge in [-0.3, -0.25) is 0 Å². The molecule has 2 aliphatic carbocycles. The van der Waals surface area contributed by atoms with E-state index in [1.165, 1.54) is 71.6 Å². The summed E-state index contributed by atoms with van der Waals surface area (Å²) in [5.74, 6) is 0.368. The maximum Gasteiger partial charge on any atom is 0.137 e. The average molecular weight is 731 g/mol. The fourth-order valence-electron chi connectivity index (χ4n) is 9.58. The minimum absolute atomic E-state index is 0.271. The van der Waals surface area contributed by atoms with Crippen molar-refractivity contribution in [2.75, 3.05) is 0 Å². The molecule has 0 bridgehead atoms. The molecule has 3 aromatic heterocycles. The first kappa shape index (κ1) is 32.2. The first-order chi connectivity index (χ1) is 28.2. The molecule has 12 rings (SSSR count). The van der Waals surface area contributed by atoms with Crippen LogP contribution < -0.4 is 0 Å². The van der Waals surface area contributed by atoms with E-state index in [0.717, 1.165) is 40.3 Å². The van der Waals surface area contributed by atoms with Gasteiger partial charge in [0.05, 0.1) is 17.1 Å². The standard InChI is InChI=1S/C54H38N2O/c1-4-12-35(13-5-1)37-20-25-42(26-21-37)56-51-29-24-40(32-46(51)47-33-48-43-18-10-11-19-53(43)57-54(48)34-52(47)56)39-23-28-50-45(31-39)44-30-38(36-14-6-2-7-15-36)22-27-49(44)55(50)41-16-8-3-9-17-41/h1-16,18-20,22-34,37,41H,17,21H2. The molecule has 3 nitrogen and oxygen atoms in total. The number of hydrogen-bond donors (Lipinski definition) is 0. The fourth-order valence-corrected chi connectivity index (χ4v) is 9.58.